The van der Waals surface area contributed by atoms with Gasteiger partial charge in [-0.2, -0.15) is 5.10 Å². The second kappa shape index (κ2) is 10.1. The highest BCUT2D eigenvalue weighted by Gasteiger charge is 2.35. The molecule has 1 fully saturated rings. The van der Waals surface area contributed by atoms with E-state index >= 15 is 0 Å². The number of fused-ring (bicyclic) bond motifs is 2. The number of carbonyl (C=O) groups excluding carboxylic acids is 1. The van der Waals surface area contributed by atoms with Crippen LogP contribution in [0.1, 0.15) is 59.8 Å². The zero-order valence-electron chi connectivity index (χ0n) is 20.1. The van der Waals surface area contributed by atoms with E-state index in [1.165, 1.54) is 10.7 Å². The van der Waals surface area contributed by atoms with Gasteiger partial charge in [0.1, 0.15) is 0 Å². The minimum atomic E-state index is -2.65. The molecule has 1 amide bonds. The Hall–Kier alpha value is -3.54. The fourth-order valence-corrected chi connectivity index (χ4v) is 4.71. The van der Waals surface area contributed by atoms with Gasteiger partial charge in [-0.3, -0.25) is 4.79 Å². The van der Waals surface area contributed by atoms with Gasteiger partial charge >= 0.3 is 0 Å². The fourth-order valence-electron chi connectivity index (χ4n) is 4.71. The predicted molar refractivity (Wildman–Crippen MR) is 130 cm³/mol. The van der Waals surface area contributed by atoms with E-state index in [2.05, 4.69) is 31.0 Å². The number of pyridine rings is 1. The van der Waals surface area contributed by atoms with Crippen LogP contribution < -0.4 is 16.0 Å². The molecule has 3 N–H and O–H groups in total. The summed E-state index contributed by atoms with van der Waals surface area (Å²) in [7, 11) is 0. The summed E-state index contributed by atoms with van der Waals surface area (Å²) in [5.41, 5.74) is 3.84. The second-order valence-electron chi connectivity index (χ2n) is 9.48. The van der Waals surface area contributed by atoms with E-state index in [1.54, 1.807) is 18.5 Å². The largest absolute Gasteiger partial charge is 0.351 e. The molecule has 3 aromatic heterocycles. The van der Waals surface area contributed by atoms with Crippen molar-refractivity contribution in [2.75, 3.05) is 11.9 Å². The molecule has 2 aliphatic rings. The van der Waals surface area contributed by atoms with Crippen LogP contribution >= 0.6 is 0 Å². The lowest BCUT2D eigenvalue weighted by molar-refractivity contribution is -0.0361. The van der Waals surface area contributed by atoms with Crippen molar-refractivity contribution in [2.24, 2.45) is 0 Å². The SMILES string of the molecule is C[C@@H]1C=C(c2ccn3ncc(C(=O)NCC(F)F)c3c2)c2cnc(NC3CCC(F)(F)CC3)nc2CN1. The number of nitrogens with zero attached hydrogens (tertiary/aromatic N) is 4. The van der Waals surface area contributed by atoms with Gasteiger partial charge in [-0.1, -0.05) is 6.08 Å². The van der Waals surface area contributed by atoms with Gasteiger partial charge in [0, 0.05) is 49.4 Å². The molecule has 196 valence electrons. The first-order valence-electron chi connectivity index (χ1n) is 12.2. The minimum absolute atomic E-state index is 0.00358. The van der Waals surface area contributed by atoms with Crippen molar-refractivity contribution in [1.82, 2.24) is 30.2 Å². The van der Waals surface area contributed by atoms with Crippen molar-refractivity contribution >= 4 is 22.9 Å². The molecule has 3 aromatic rings. The van der Waals surface area contributed by atoms with Crippen LogP contribution in [0.5, 0.6) is 0 Å². The number of hydrogen-bond acceptors (Lipinski definition) is 6. The average Bonchev–Trinajstić information content (AvgIpc) is 3.22. The standard InChI is InChI=1S/C25H27F4N7O/c1-14-8-17(15-4-7-36-21(9-15)19(11-33-36)23(37)31-13-22(26)27)18-10-32-24(35-20(18)12-30-14)34-16-2-5-25(28,29)6-3-16/h4,7-11,14,16,22,30H,2-3,5-6,12-13H2,1H3,(H,31,37)(H,32,34,35)/t14-/m1/s1. The molecule has 4 heterocycles. The van der Waals surface area contributed by atoms with E-state index < -0.39 is 24.8 Å². The molecule has 0 bridgehead atoms. The number of aromatic nitrogens is 4. The zero-order chi connectivity index (χ0) is 26.2. The maximum atomic E-state index is 13.5. The summed E-state index contributed by atoms with van der Waals surface area (Å²) in [4.78, 5) is 21.6. The Morgan fingerprint density at radius 3 is 2.81 bits per heavy atom. The number of carbonyl (C=O) groups is 1. The second-order valence-corrected chi connectivity index (χ2v) is 9.48. The Bertz CT molecular complexity index is 1330. The number of halogens is 4. The highest BCUT2D eigenvalue weighted by Crippen LogP contribution is 2.34. The van der Waals surface area contributed by atoms with Crippen LogP contribution in [0.15, 0.2) is 36.8 Å². The molecule has 1 aliphatic carbocycles. The molecule has 1 saturated carbocycles. The number of amides is 1. The number of hydrogen-bond donors (Lipinski definition) is 3. The summed E-state index contributed by atoms with van der Waals surface area (Å²) < 4.78 is 53.7. The van der Waals surface area contributed by atoms with Crippen LogP contribution in [0.3, 0.4) is 0 Å². The van der Waals surface area contributed by atoms with Gasteiger partial charge in [0.2, 0.25) is 11.9 Å². The molecule has 0 aromatic carbocycles. The third-order valence-corrected chi connectivity index (χ3v) is 6.71. The van der Waals surface area contributed by atoms with Gasteiger partial charge in [-0.15, -0.1) is 0 Å². The van der Waals surface area contributed by atoms with Crippen molar-refractivity contribution in [3.05, 3.63) is 59.2 Å². The molecule has 0 spiro atoms. The van der Waals surface area contributed by atoms with Crippen LogP contribution in [-0.2, 0) is 6.54 Å². The highest BCUT2D eigenvalue weighted by molar-refractivity contribution is 6.01. The summed E-state index contributed by atoms with van der Waals surface area (Å²) in [6.07, 6.45) is 4.55. The number of rotatable bonds is 6. The van der Waals surface area contributed by atoms with Crippen LogP contribution in [0, 0.1) is 0 Å². The molecular weight excluding hydrogens is 490 g/mol. The molecule has 0 unspecified atom stereocenters. The van der Waals surface area contributed by atoms with Crippen LogP contribution in [-0.4, -0.2) is 56.5 Å². The molecule has 12 heteroatoms. The van der Waals surface area contributed by atoms with Gasteiger partial charge in [-0.25, -0.2) is 32.0 Å². The molecule has 0 radical (unpaired) electrons. The monoisotopic (exact) mass is 517 g/mol. The Morgan fingerprint density at radius 1 is 1.27 bits per heavy atom. The Kier molecular flexibility index (Phi) is 6.84. The first-order chi connectivity index (χ1) is 17.7. The third kappa shape index (κ3) is 5.58. The van der Waals surface area contributed by atoms with E-state index in [0.717, 1.165) is 22.4 Å². The van der Waals surface area contributed by atoms with Crippen molar-refractivity contribution in [3.63, 3.8) is 0 Å². The van der Waals surface area contributed by atoms with Crippen molar-refractivity contribution in [2.45, 2.75) is 63.6 Å². The fraction of sp³-hybridized carbons (Fsp3) is 0.440. The van der Waals surface area contributed by atoms with Gasteiger partial charge in [-0.05, 0) is 43.0 Å². The summed E-state index contributed by atoms with van der Waals surface area (Å²) in [6, 6.07) is 3.52. The molecule has 0 saturated heterocycles. The van der Waals surface area contributed by atoms with Crippen LogP contribution in [0.4, 0.5) is 23.5 Å². The van der Waals surface area contributed by atoms with Gasteiger partial charge < -0.3 is 16.0 Å². The van der Waals surface area contributed by atoms with E-state index in [9.17, 15) is 22.4 Å². The number of nitrogens with one attached hydrogen (secondary N) is 3. The lowest BCUT2D eigenvalue weighted by atomic mass is 9.92. The van der Waals surface area contributed by atoms with Gasteiger partial charge in [0.15, 0.2) is 0 Å². The first-order valence-corrected chi connectivity index (χ1v) is 12.2. The molecular formula is C25H27F4N7O. The summed E-state index contributed by atoms with van der Waals surface area (Å²) in [6.45, 7) is 1.74. The van der Waals surface area contributed by atoms with E-state index in [-0.39, 0.29) is 30.5 Å². The lowest BCUT2D eigenvalue weighted by Gasteiger charge is -2.28. The maximum Gasteiger partial charge on any atom is 0.255 e. The van der Waals surface area contributed by atoms with Crippen molar-refractivity contribution in [1.29, 1.82) is 0 Å². The smallest absolute Gasteiger partial charge is 0.255 e. The highest BCUT2D eigenvalue weighted by atomic mass is 19.3. The topological polar surface area (TPSA) is 96.2 Å². The minimum Gasteiger partial charge on any atom is -0.351 e. The number of anilines is 1. The van der Waals surface area contributed by atoms with Crippen molar-refractivity contribution < 1.29 is 22.4 Å². The normalized spacial score (nSPS) is 19.8. The lowest BCUT2D eigenvalue weighted by Crippen LogP contribution is -2.32. The first kappa shape index (κ1) is 25.1. The van der Waals surface area contributed by atoms with Gasteiger partial charge in [0.05, 0.1) is 29.5 Å². The Balaban J connectivity index is 1.43. The average molecular weight is 518 g/mol. The Labute approximate surface area is 210 Å². The summed E-state index contributed by atoms with van der Waals surface area (Å²) in [5.74, 6) is -2.83. The molecule has 1 aliphatic heterocycles. The molecule has 5 rings (SSSR count). The van der Waals surface area contributed by atoms with Gasteiger partial charge in [0.25, 0.3) is 12.3 Å². The maximum absolute atomic E-state index is 13.5. The predicted octanol–water partition coefficient (Wildman–Crippen LogP) is 4.03. The van der Waals surface area contributed by atoms with Crippen LogP contribution in [0.25, 0.3) is 11.1 Å². The van der Waals surface area contributed by atoms with Crippen molar-refractivity contribution in [3.8, 4) is 0 Å². The van der Waals surface area contributed by atoms with E-state index in [0.29, 0.717) is 30.9 Å². The third-order valence-electron chi connectivity index (χ3n) is 6.71. The molecule has 8 nitrogen and oxygen atoms in total. The molecule has 1 atom stereocenters. The Morgan fingerprint density at radius 2 is 2.05 bits per heavy atom. The van der Waals surface area contributed by atoms with Crippen LogP contribution in [0.2, 0.25) is 0 Å². The summed E-state index contributed by atoms with van der Waals surface area (Å²) >= 11 is 0. The zero-order valence-corrected chi connectivity index (χ0v) is 20.1. The molecule has 37 heavy (non-hydrogen) atoms. The van der Waals surface area contributed by atoms with E-state index in [4.69, 9.17) is 0 Å². The van der Waals surface area contributed by atoms with E-state index in [1.807, 2.05) is 19.1 Å². The summed E-state index contributed by atoms with van der Waals surface area (Å²) in [5, 5.41) is 13.0. The number of alkyl halides is 4. The quantitative estimate of drug-likeness (QED) is 0.428.